The quantitative estimate of drug-likeness (QED) is 0.0325. The monoisotopic (exact) mass is 712 g/mol. The number of hydrazine groups is 1. The van der Waals surface area contributed by atoms with Crippen LogP contribution in [0.5, 0.6) is 5.75 Å². The molecule has 4 aromatic rings. The minimum Gasteiger partial charge on any atom is -0.494 e. The summed E-state index contributed by atoms with van der Waals surface area (Å²) in [7, 11) is 0. The molecule has 0 aromatic heterocycles. The number of carbonyl (C=O) groups is 1. The number of nitrogens with one attached hydrogen (secondary N) is 2. The van der Waals surface area contributed by atoms with E-state index in [1.165, 1.54) is 6.07 Å². The molecule has 51 heavy (non-hydrogen) atoms. The maximum atomic E-state index is 14.4. The molecule has 0 saturated heterocycles. The summed E-state index contributed by atoms with van der Waals surface area (Å²) in [5.41, 5.74) is 10.4. The number of hydrogen-bond donors (Lipinski definition) is 3. The number of alkyl halides is 6. The second-order valence-corrected chi connectivity index (χ2v) is 11.4. The predicted molar refractivity (Wildman–Crippen MR) is 174 cm³/mol. The molecule has 10 nitrogen and oxygen atoms in total. The van der Waals surface area contributed by atoms with E-state index in [0.717, 1.165) is 0 Å². The molecule has 4 aromatic carbocycles. The van der Waals surface area contributed by atoms with E-state index in [1.54, 1.807) is 72.8 Å². The number of aliphatic hydroxyl groups is 1. The first-order chi connectivity index (χ1) is 24.3. The van der Waals surface area contributed by atoms with Crippen molar-refractivity contribution in [2.24, 2.45) is 10.1 Å². The molecule has 0 saturated carbocycles. The van der Waals surface area contributed by atoms with Gasteiger partial charge >= 0.3 is 12.4 Å². The minimum absolute atomic E-state index is 0.0165. The largest absolute Gasteiger partial charge is 0.494 e. The fraction of sp³-hybridized carbons (Fsp3) is 0.257. The molecule has 0 bridgehead atoms. The lowest BCUT2D eigenvalue weighted by Gasteiger charge is -2.31. The van der Waals surface area contributed by atoms with Gasteiger partial charge in [-0.3, -0.25) is 10.2 Å². The van der Waals surface area contributed by atoms with Crippen LogP contribution in [-0.4, -0.2) is 35.7 Å². The summed E-state index contributed by atoms with van der Waals surface area (Å²) < 4.78 is 92.9. The summed E-state index contributed by atoms with van der Waals surface area (Å²) in [6.45, 7) is -0.386. The molecule has 1 aliphatic rings. The van der Waals surface area contributed by atoms with E-state index in [9.17, 15) is 36.7 Å². The average Bonchev–Trinajstić information content (AvgIpc) is 3.48. The number of aliphatic imine (C=N–C) groups is 1. The molecule has 0 aliphatic carbocycles. The molecule has 16 heteroatoms. The Hall–Kier alpha value is -5.57. The first-order valence-electron chi connectivity index (χ1n) is 15.4. The number of carbonyl (C=O) groups excluding carboxylic acids is 1. The molecule has 0 radical (unpaired) electrons. The van der Waals surface area contributed by atoms with Crippen LogP contribution in [0.1, 0.15) is 45.9 Å². The first-order valence-corrected chi connectivity index (χ1v) is 15.4. The van der Waals surface area contributed by atoms with Gasteiger partial charge in [0.1, 0.15) is 5.75 Å². The maximum Gasteiger partial charge on any atom is 0.416 e. The minimum atomic E-state index is -5.05. The Morgan fingerprint density at radius 3 is 2.20 bits per heavy atom. The van der Waals surface area contributed by atoms with Crippen LogP contribution in [0.2, 0.25) is 0 Å². The van der Waals surface area contributed by atoms with E-state index in [1.807, 2.05) is 0 Å². The second kappa shape index (κ2) is 15.5. The van der Waals surface area contributed by atoms with Crippen LogP contribution in [-0.2, 0) is 34.8 Å². The van der Waals surface area contributed by atoms with Crippen LogP contribution < -0.4 is 15.6 Å². The third-order valence-electron chi connectivity index (χ3n) is 7.86. The highest BCUT2D eigenvalue weighted by Crippen LogP contribution is 2.45. The van der Waals surface area contributed by atoms with Crippen molar-refractivity contribution in [3.8, 4) is 5.75 Å². The van der Waals surface area contributed by atoms with Crippen LogP contribution >= 0.6 is 0 Å². The smallest absolute Gasteiger partial charge is 0.416 e. The summed E-state index contributed by atoms with van der Waals surface area (Å²) in [5.74, 6) is -0.317. The lowest BCUT2D eigenvalue weighted by Crippen LogP contribution is -2.53. The zero-order chi connectivity index (χ0) is 36.6. The lowest BCUT2D eigenvalue weighted by atomic mass is 9.81. The Bertz CT molecular complexity index is 1880. The van der Waals surface area contributed by atoms with E-state index in [-0.39, 0.29) is 42.8 Å². The van der Waals surface area contributed by atoms with E-state index >= 15 is 0 Å². The molecule has 1 amide bonds. The third-order valence-corrected chi connectivity index (χ3v) is 7.86. The van der Waals surface area contributed by atoms with Crippen molar-refractivity contribution in [1.82, 2.24) is 10.9 Å². The van der Waals surface area contributed by atoms with Gasteiger partial charge in [0.05, 0.1) is 17.7 Å². The van der Waals surface area contributed by atoms with E-state index in [4.69, 9.17) is 19.6 Å². The number of hydrogen-bond acceptors (Lipinski definition) is 7. The summed E-state index contributed by atoms with van der Waals surface area (Å²) in [6, 6.07) is 22.8. The lowest BCUT2D eigenvalue weighted by molar-refractivity contribution is -0.143. The summed E-state index contributed by atoms with van der Waals surface area (Å²) in [4.78, 5) is 22.1. The van der Waals surface area contributed by atoms with Crippen molar-refractivity contribution in [3.63, 3.8) is 0 Å². The summed E-state index contributed by atoms with van der Waals surface area (Å²) >= 11 is 0. The molecule has 266 valence electrons. The van der Waals surface area contributed by atoms with Crippen LogP contribution in [0, 0.1) is 0 Å². The van der Waals surface area contributed by atoms with Gasteiger partial charge in [-0.05, 0) is 59.1 Å². The topological polar surface area (TPSA) is 141 Å². The van der Waals surface area contributed by atoms with Crippen molar-refractivity contribution in [2.75, 3.05) is 13.2 Å². The number of benzene rings is 4. The number of nitrogens with zero attached hydrogens (tertiary/aromatic N) is 4. The van der Waals surface area contributed by atoms with Crippen LogP contribution in [0.4, 0.5) is 32.0 Å². The first kappa shape index (κ1) is 36.7. The zero-order valence-electron chi connectivity index (χ0n) is 26.6. The highest BCUT2D eigenvalue weighted by Gasteiger charge is 2.54. The molecular formula is C35H30F6N6O4. The highest BCUT2D eigenvalue weighted by molar-refractivity contribution is 6.01. The second-order valence-electron chi connectivity index (χ2n) is 11.4. The number of amides is 1. The van der Waals surface area contributed by atoms with Gasteiger partial charge in [-0.1, -0.05) is 59.7 Å². The summed E-state index contributed by atoms with van der Waals surface area (Å²) in [5, 5.41) is 12.8. The van der Waals surface area contributed by atoms with Crippen molar-refractivity contribution in [2.45, 2.75) is 43.4 Å². The van der Waals surface area contributed by atoms with Crippen molar-refractivity contribution < 1.29 is 45.7 Å². The van der Waals surface area contributed by atoms with E-state index in [0.29, 0.717) is 35.4 Å². The third kappa shape index (κ3) is 8.78. The Balaban J connectivity index is 1.54. The van der Waals surface area contributed by atoms with Gasteiger partial charge in [-0.25, -0.2) is 10.4 Å². The molecule has 0 spiro atoms. The van der Waals surface area contributed by atoms with Crippen LogP contribution in [0.15, 0.2) is 107 Å². The fourth-order valence-electron chi connectivity index (χ4n) is 5.47. The standard InChI is InChI=1S/C35H30F6N6O4/c36-34(37,38)25-17-23(18-26(19-25)35(39,40)41)21-43-46-32(49)33(20-22-7-2-1-3-8-22)30(28-9-4-5-10-29(28)45-47-42)51-31(44-33)24-11-13-27(14-12-24)50-16-6-15-48/h1-5,7-14,17-19,30,43,48H,6,15-16,20-21H2,(H,46,49)/t30-,33-/m0/s1. The van der Waals surface area contributed by atoms with Crippen molar-refractivity contribution in [3.05, 3.63) is 141 Å². The van der Waals surface area contributed by atoms with Crippen molar-refractivity contribution >= 4 is 17.5 Å². The van der Waals surface area contributed by atoms with Gasteiger partial charge in [-0.15, -0.1) is 0 Å². The molecule has 0 unspecified atom stereocenters. The van der Waals surface area contributed by atoms with Gasteiger partial charge in [0.25, 0.3) is 5.91 Å². The van der Waals surface area contributed by atoms with Gasteiger partial charge in [-0.2, -0.15) is 26.3 Å². The molecule has 0 fully saturated rings. The molecular weight excluding hydrogens is 682 g/mol. The molecule has 5 rings (SSSR count). The SMILES string of the molecule is [N-]=[N+]=Nc1ccccc1[C@@H]1OC(c2ccc(OCCCO)cc2)=N[C@]1(Cc1ccccc1)C(=O)NNCc1cc(C(F)(F)F)cc(C(F)(F)F)c1. The Labute approximate surface area is 287 Å². The van der Waals surface area contributed by atoms with Gasteiger partial charge in [0, 0.05) is 47.7 Å². The number of azide groups is 1. The predicted octanol–water partition coefficient (Wildman–Crippen LogP) is 7.75. The van der Waals surface area contributed by atoms with Gasteiger partial charge in [0.15, 0.2) is 11.6 Å². The zero-order valence-corrected chi connectivity index (χ0v) is 26.6. The maximum absolute atomic E-state index is 14.4. The molecule has 1 heterocycles. The molecule has 1 aliphatic heterocycles. The highest BCUT2D eigenvalue weighted by atomic mass is 19.4. The number of aliphatic hydroxyl groups excluding tert-OH is 1. The van der Waals surface area contributed by atoms with Crippen LogP contribution in [0.25, 0.3) is 10.4 Å². The molecule has 3 N–H and O–H groups in total. The fourth-order valence-corrected chi connectivity index (χ4v) is 5.47. The number of ether oxygens (including phenoxy) is 2. The molecule has 2 atom stereocenters. The van der Waals surface area contributed by atoms with Gasteiger partial charge in [0.2, 0.25) is 5.90 Å². The van der Waals surface area contributed by atoms with Gasteiger partial charge < -0.3 is 14.6 Å². The number of halogens is 6. The van der Waals surface area contributed by atoms with Crippen LogP contribution in [0.3, 0.4) is 0 Å². The van der Waals surface area contributed by atoms with E-state index < -0.39 is 53.1 Å². The Kier molecular flexibility index (Phi) is 11.2. The Morgan fingerprint density at radius 1 is 0.922 bits per heavy atom. The average molecular weight is 713 g/mol. The Morgan fingerprint density at radius 2 is 1.57 bits per heavy atom. The van der Waals surface area contributed by atoms with Crippen molar-refractivity contribution in [1.29, 1.82) is 0 Å². The normalized spacial score (nSPS) is 17.2. The van der Waals surface area contributed by atoms with E-state index in [2.05, 4.69) is 20.9 Å². The summed E-state index contributed by atoms with van der Waals surface area (Å²) in [6.07, 6.45) is -11.0. The number of rotatable bonds is 13.